The molecule has 2 aromatic carbocycles. The average Bonchev–Trinajstić information content (AvgIpc) is 2.47. The SMILES string of the molecule is CCc1ccc(CNc2ccc(F)c(C#N)c2)cc1. The molecule has 0 saturated heterocycles. The van der Waals surface area contributed by atoms with Crippen LogP contribution in [0.25, 0.3) is 0 Å². The second-order valence-corrected chi connectivity index (χ2v) is 4.33. The van der Waals surface area contributed by atoms with Gasteiger partial charge in [0.25, 0.3) is 0 Å². The Morgan fingerprint density at radius 3 is 2.42 bits per heavy atom. The van der Waals surface area contributed by atoms with E-state index >= 15 is 0 Å². The number of hydrogen-bond acceptors (Lipinski definition) is 2. The molecule has 0 aliphatic carbocycles. The minimum absolute atomic E-state index is 0.0614. The molecule has 0 atom stereocenters. The molecule has 96 valence electrons. The summed E-state index contributed by atoms with van der Waals surface area (Å²) in [7, 11) is 0. The van der Waals surface area contributed by atoms with E-state index in [0.717, 1.165) is 17.7 Å². The lowest BCUT2D eigenvalue weighted by atomic mass is 10.1. The van der Waals surface area contributed by atoms with Gasteiger partial charge in [-0.25, -0.2) is 4.39 Å². The van der Waals surface area contributed by atoms with E-state index < -0.39 is 5.82 Å². The Labute approximate surface area is 112 Å². The molecule has 0 saturated carbocycles. The van der Waals surface area contributed by atoms with Crippen molar-refractivity contribution in [3.8, 4) is 6.07 Å². The molecule has 2 nitrogen and oxygen atoms in total. The van der Waals surface area contributed by atoms with Crippen molar-refractivity contribution in [1.82, 2.24) is 0 Å². The van der Waals surface area contributed by atoms with Crippen LogP contribution >= 0.6 is 0 Å². The van der Waals surface area contributed by atoms with E-state index in [1.54, 1.807) is 6.07 Å². The standard InChI is InChI=1S/C16H15FN2/c1-2-12-3-5-13(6-4-12)11-19-15-7-8-16(17)14(9-15)10-18/h3-9,19H,2,11H2,1H3. The van der Waals surface area contributed by atoms with Crippen LogP contribution in [0.2, 0.25) is 0 Å². The molecule has 1 N–H and O–H groups in total. The van der Waals surface area contributed by atoms with Gasteiger partial charge in [0.2, 0.25) is 0 Å². The van der Waals surface area contributed by atoms with Gasteiger partial charge in [0, 0.05) is 12.2 Å². The highest BCUT2D eigenvalue weighted by Crippen LogP contribution is 2.15. The first-order chi connectivity index (χ1) is 9.22. The normalized spacial score (nSPS) is 9.95. The van der Waals surface area contributed by atoms with Gasteiger partial charge in [-0.15, -0.1) is 0 Å². The summed E-state index contributed by atoms with van der Waals surface area (Å²) in [6.45, 7) is 2.77. The molecular formula is C16H15FN2. The van der Waals surface area contributed by atoms with Crippen LogP contribution in [0.5, 0.6) is 0 Å². The third-order valence-electron chi connectivity index (χ3n) is 3.01. The maximum absolute atomic E-state index is 13.2. The van der Waals surface area contributed by atoms with Gasteiger partial charge in [-0.3, -0.25) is 0 Å². The van der Waals surface area contributed by atoms with Crippen molar-refractivity contribution >= 4 is 5.69 Å². The van der Waals surface area contributed by atoms with Gasteiger partial charge in [-0.1, -0.05) is 31.2 Å². The molecule has 19 heavy (non-hydrogen) atoms. The lowest BCUT2D eigenvalue weighted by Gasteiger charge is -2.07. The first kappa shape index (κ1) is 13.1. The Morgan fingerprint density at radius 2 is 1.79 bits per heavy atom. The summed E-state index contributed by atoms with van der Waals surface area (Å²) in [5.74, 6) is -0.486. The minimum atomic E-state index is -0.486. The van der Waals surface area contributed by atoms with E-state index in [1.807, 2.05) is 6.07 Å². The van der Waals surface area contributed by atoms with Crippen molar-refractivity contribution in [3.05, 3.63) is 65.0 Å². The number of anilines is 1. The molecule has 0 bridgehead atoms. The van der Waals surface area contributed by atoms with E-state index in [9.17, 15) is 4.39 Å². The van der Waals surface area contributed by atoms with Gasteiger partial charge >= 0.3 is 0 Å². The fourth-order valence-corrected chi connectivity index (χ4v) is 1.82. The number of halogens is 1. The predicted octanol–water partition coefficient (Wildman–Crippen LogP) is 3.87. The summed E-state index contributed by atoms with van der Waals surface area (Å²) < 4.78 is 13.2. The predicted molar refractivity (Wildman–Crippen MR) is 74.3 cm³/mol. The molecule has 0 fully saturated rings. The molecule has 0 amide bonds. The van der Waals surface area contributed by atoms with Crippen LogP contribution in [-0.2, 0) is 13.0 Å². The molecule has 0 aliphatic heterocycles. The summed E-state index contributed by atoms with van der Waals surface area (Å²) in [6, 6.07) is 14.6. The van der Waals surface area contributed by atoms with Gasteiger partial charge < -0.3 is 5.32 Å². The van der Waals surface area contributed by atoms with Crippen LogP contribution in [0.1, 0.15) is 23.6 Å². The zero-order chi connectivity index (χ0) is 13.7. The van der Waals surface area contributed by atoms with E-state index in [-0.39, 0.29) is 5.56 Å². The van der Waals surface area contributed by atoms with E-state index in [0.29, 0.717) is 6.54 Å². The largest absolute Gasteiger partial charge is 0.381 e. The van der Waals surface area contributed by atoms with E-state index in [4.69, 9.17) is 5.26 Å². The highest BCUT2D eigenvalue weighted by atomic mass is 19.1. The van der Waals surface area contributed by atoms with Gasteiger partial charge in [0.1, 0.15) is 11.9 Å². The smallest absolute Gasteiger partial charge is 0.141 e. The lowest BCUT2D eigenvalue weighted by molar-refractivity contribution is 0.624. The zero-order valence-corrected chi connectivity index (χ0v) is 10.8. The molecule has 0 heterocycles. The molecule has 0 spiro atoms. The molecule has 0 radical (unpaired) electrons. The first-order valence-corrected chi connectivity index (χ1v) is 6.24. The van der Waals surface area contributed by atoms with Crippen LogP contribution in [-0.4, -0.2) is 0 Å². The van der Waals surface area contributed by atoms with Crippen molar-refractivity contribution in [2.75, 3.05) is 5.32 Å². The fraction of sp³-hybridized carbons (Fsp3) is 0.188. The summed E-state index contributed by atoms with van der Waals surface area (Å²) in [4.78, 5) is 0. The Kier molecular flexibility index (Phi) is 4.15. The van der Waals surface area contributed by atoms with Crippen molar-refractivity contribution in [2.45, 2.75) is 19.9 Å². The average molecular weight is 254 g/mol. The van der Waals surface area contributed by atoms with Crippen LogP contribution in [0.4, 0.5) is 10.1 Å². The molecule has 2 aromatic rings. The Morgan fingerprint density at radius 1 is 1.11 bits per heavy atom. The topological polar surface area (TPSA) is 35.8 Å². The van der Waals surface area contributed by atoms with Crippen molar-refractivity contribution < 1.29 is 4.39 Å². The van der Waals surface area contributed by atoms with Crippen LogP contribution in [0.3, 0.4) is 0 Å². The fourth-order valence-electron chi connectivity index (χ4n) is 1.82. The Hall–Kier alpha value is -2.34. The van der Waals surface area contributed by atoms with E-state index in [2.05, 4.69) is 36.5 Å². The number of hydrogen-bond donors (Lipinski definition) is 1. The number of nitriles is 1. The zero-order valence-electron chi connectivity index (χ0n) is 10.8. The molecule has 0 unspecified atom stereocenters. The molecule has 3 heteroatoms. The molecular weight excluding hydrogens is 239 g/mol. The number of nitrogens with zero attached hydrogens (tertiary/aromatic N) is 1. The summed E-state index contributed by atoms with van der Waals surface area (Å²) in [5, 5.41) is 12.0. The quantitative estimate of drug-likeness (QED) is 0.899. The highest BCUT2D eigenvalue weighted by molar-refractivity contribution is 5.50. The van der Waals surface area contributed by atoms with Crippen LogP contribution < -0.4 is 5.32 Å². The Bertz CT molecular complexity index is 597. The third-order valence-corrected chi connectivity index (χ3v) is 3.01. The number of aryl methyl sites for hydroxylation is 1. The molecule has 0 aliphatic rings. The maximum atomic E-state index is 13.2. The van der Waals surface area contributed by atoms with Gasteiger partial charge in [-0.2, -0.15) is 5.26 Å². The second-order valence-electron chi connectivity index (χ2n) is 4.33. The van der Waals surface area contributed by atoms with Crippen LogP contribution in [0, 0.1) is 17.1 Å². The van der Waals surface area contributed by atoms with Gasteiger partial charge in [0.05, 0.1) is 5.56 Å². The van der Waals surface area contributed by atoms with Crippen LogP contribution in [0.15, 0.2) is 42.5 Å². The minimum Gasteiger partial charge on any atom is -0.381 e. The summed E-state index contributed by atoms with van der Waals surface area (Å²) in [6.07, 6.45) is 1.03. The maximum Gasteiger partial charge on any atom is 0.141 e. The summed E-state index contributed by atoms with van der Waals surface area (Å²) in [5.41, 5.74) is 3.26. The third kappa shape index (κ3) is 3.32. The van der Waals surface area contributed by atoms with E-state index in [1.165, 1.54) is 17.7 Å². The van der Waals surface area contributed by atoms with Crippen molar-refractivity contribution in [2.24, 2.45) is 0 Å². The first-order valence-electron chi connectivity index (χ1n) is 6.24. The van der Waals surface area contributed by atoms with Gasteiger partial charge in [0.15, 0.2) is 0 Å². The lowest BCUT2D eigenvalue weighted by Crippen LogP contribution is -2.00. The highest BCUT2D eigenvalue weighted by Gasteiger charge is 2.02. The van der Waals surface area contributed by atoms with Crippen molar-refractivity contribution in [3.63, 3.8) is 0 Å². The summed E-state index contributed by atoms with van der Waals surface area (Å²) >= 11 is 0. The second kappa shape index (κ2) is 6.01. The Balaban J connectivity index is 2.04. The molecule has 2 rings (SSSR count). The number of rotatable bonds is 4. The monoisotopic (exact) mass is 254 g/mol. The van der Waals surface area contributed by atoms with Crippen molar-refractivity contribution in [1.29, 1.82) is 5.26 Å². The number of benzene rings is 2. The molecule has 0 aromatic heterocycles. The number of nitrogens with one attached hydrogen (secondary N) is 1. The van der Waals surface area contributed by atoms with Gasteiger partial charge in [-0.05, 0) is 35.7 Å².